The van der Waals surface area contributed by atoms with Gasteiger partial charge in [0.1, 0.15) is 0 Å². The number of alkyl halides is 2. The minimum atomic E-state index is -2.92. The van der Waals surface area contributed by atoms with Crippen molar-refractivity contribution in [3.05, 3.63) is 29.8 Å². The fraction of sp³-hybridized carbons (Fsp3) is 0.125. The molecule has 0 spiro atoms. The highest BCUT2D eigenvalue weighted by Gasteiger charge is 2.23. The minimum Gasteiger partial charge on any atom is -0.329 e. The minimum absolute atomic E-state index is 0.103. The van der Waals surface area contributed by atoms with Crippen molar-refractivity contribution in [3.8, 4) is 0 Å². The Bertz CT molecular complexity index is 294. The summed E-state index contributed by atoms with van der Waals surface area (Å²) < 4.78 is 25.3. The molecule has 1 N–H and O–H groups in total. The molecule has 0 heterocycles. The highest BCUT2D eigenvalue weighted by Crippen LogP contribution is 2.34. The average Bonchev–Trinajstić information content (AvgIpc) is 2.04. The number of hydrogen-bond donors (Lipinski definition) is 1. The van der Waals surface area contributed by atoms with Crippen LogP contribution in [0.3, 0.4) is 0 Å². The van der Waals surface area contributed by atoms with Gasteiger partial charge in [-0.3, -0.25) is 4.79 Å². The summed E-state index contributed by atoms with van der Waals surface area (Å²) in [6.07, 6.45) is 0.494. The Kier molecular flexibility index (Phi) is 2.94. The van der Waals surface area contributed by atoms with Crippen molar-refractivity contribution in [2.75, 3.05) is 5.32 Å². The lowest BCUT2D eigenvalue weighted by atomic mass is 10.2. The predicted molar refractivity (Wildman–Crippen MR) is 49.7 cm³/mol. The first-order valence-corrected chi connectivity index (χ1v) is 4.09. The van der Waals surface area contributed by atoms with E-state index in [4.69, 9.17) is 0 Å². The fourth-order valence-corrected chi connectivity index (χ4v) is 1.05. The highest BCUT2D eigenvalue weighted by atomic mass is 31.0. The maximum absolute atomic E-state index is 12.6. The molecule has 0 saturated heterocycles. The summed E-state index contributed by atoms with van der Waals surface area (Å²) in [5.74, 6) is 0. The number of benzene rings is 1. The second kappa shape index (κ2) is 3.79. The van der Waals surface area contributed by atoms with Crippen LogP contribution in [0, 0.1) is 0 Å². The molecule has 1 aromatic carbocycles. The van der Waals surface area contributed by atoms with Gasteiger partial charge in [-0.25, -0.2) is 0 Å². The van der Waals surface area contributed by atoms with E-state index >= 15 is 0 Å². The maximum atomic E-state index is 12.6. The van der Waals surface area contributed by atoms with Crippen LogP contribution in [0.1, 0.15) is 5.56 Å². The van der Waals surface area contributed by atoms with Crippen LogP contribution < -0.4 is 5.32 Å². The van der Waals surface area contributed by atoms with Gasteiger partial charge >= 0.3 is 0 Å². The van der Waals surface area contributed by atoms with Crippen LogP contribution in [0.25, 0.3) is 0 Å². The van der Waals surface area contributed by atoms with Crippen molar-refractivity contribution < 1.29 is 13.6 Å². The third-order valence-electron chi connectivity index (χ3n) is 1.50. The normalized spacial score (nSPS) is 11.0. The molecule has 0 aliphatic heterocycles. The van der Waals surface area contributed by atoms with Crippen molar-refractivity contribution in [1.82, 2.24) is 0 Å². The molecule has 1 unspecified atom stereocenters. The molecule has 1 rings (SSSR count). The van der Waals surface area contributed by atoms with E-state index in [9.17, 15) is 13.6 Å². The number of anilines is 1. The van der Waals surface area contributed by atoms with Crippen LogP contribution in [0.5, 0.6) is 0 Å². The molecule has 1 amide bonds. The maximum Gasteiger partial charge on any atom is 0.283 e. The Labute approximate surface area is 76.5 Å². The molecule has 5 heteroatoms. The molecular formula is C8H8F2NOP. The van der Waals surface area contributed by atoms with Crippen LogP contribution in [0.2, 0.25) is 0 Å². The number of halogens is 2. The van der Waals surface area contributed by atoms with Gasteiger partial charge in [-0.1, -0.05) is 21.4 Å². The highest BCUT2D eigenvalue weighted by molar-refractivity contribution is 7.17. The van der Waals surface area contributed by atoms with Gasteiger partial charge in [-0.2, -0.15) is 8.78 Å². The van der Waals surface area contributed by atoms with E-state index in [0.29, 0.717) is 12.1 Å². The summed E-state index contributed by atoms with van der Waals surface area (Å²) in [6, 6.07) is 5.36. The fourth-order valence-electron chi connectivity index (χ4n) is 0.857. The van der Waals surface area contributed by atoms with E-state index in [1.54, 1.807) is 0 Å². The molecule has 0 aromatic heterocycles. The SMILES string of the molecule is O=CNc1ccc(C(F)(F)P)cc1. The van der Waals surface area contributed by atoms with Crippen molar-refractivity contribution >= 4 is 21.3 Å². The largest absolute Gasteiger partial charge is 0.329 e. The molecule has 0 fully saturated rings. The zero-order valence-corrected chi connectivity index (χ0v) is 7.78. The van der Waals surface area contributed by atoms with Crippen LogP contribution in [0.4, 0.5) is 14.5 Å². The van der Waals surface area contributed by atoms with Gasteiger partial charge in [0.25, 0.3) is 5.66 Å². The number of hydrogen-bond acceptors (Lipinski definition) is 1. The first kappa shape index (κ1) is 10.1. The number of amides is 1. The van der Waals surface area contributed by atoms with Gasteiger partial charge in [0.2, 0.25) is 6.41 Å². The predicted octanol–water partition coefficient (Wildman–Crippen LogP) is 2.18. The molecule has 2 nitrogen and oxygen atoms in total. The van der Waals surface area contributed by atoms with Crippen LogP contribution in [0.15, 0.2) is 24.3 Å². The molecular weight excluding hydrogens is 195 g/mol. The van der Waals surface area contributed by atoms with Crippen LogP contribution in [-0.2, 0) is 10.5 Å². The number of carbonyl (C=O) groups excluding carboxylic acids is 1. The molecule has 0 aliphatic carbocycles. The van der Waals surface area contributed by atoms with E-state index in [1.807, 2.05) is 0 Å². The standard InChI is InChI=1S/C8H8F2NOP/c9-8(10,13)6-1-3-7(4-2-6)11-5-12/h1-5H,13H2,(H,11,12). The lowest BCUT2D eigenvalue weighted by molar-refractivity contribution is -0.105. The van der Waals surface area contributed by atoms with Gasteiger partial charge in [0, 0.05) is 11.3 Å². The van der Waals surface area contributed by atoms with Crippen LogP contribution >= 0.6 is 9.24 Å². The molecule has 0 bridgehead atoms. The van der Waals surface area contributed by atoms with E-state index < -0.39 is 5.66 Å². The molecule has 0 radical (unpaired) electrons. The van der Waals surface area contributed by atoms with E-state index in [-0.39, 0.29) is 5.56 Å². The number of carbonyl (C=O) groups is 1. The first-order chi connectivity index (χ1) is 6.04. The van der Waals surface area contributed by atoms with Gasteiger partial charge in [0.05, 0.1) is 0 Å². The smallest absolute Gasteiger partial charge is 0.283 e. The molecule has 1 atom stereocenters. The van der Waals surface area contributed by atoms with Gasteiger partial charge in [0.15, 0.2) is 0 Å². The molecule has 13 heavy (non-hydrogen) atoms. The zero-order valence-electron chi connectivity index (χ0n) is 6.63. The average molecular weight is 203 g/mol. The Hall–Kier alpha value is -1.02. The van der Waals surface area contributed by atoms with Crippen molar-refractivity contribution in [3.63, 3.8) is 0 Å². The number of nitrogens with one attached hydrogen (secondary N) is 1. The summed E-state index contributed by atoms with van der Waals surface area (Å²) >= 11 is 0. The van der Waals surface area contributed by atoms with E-state index in [0.717, 1.165) is 0 Å². The van der Waals surface area contributed by atoms with Crippen molar-refractivity contribution in [2.24, 2.45) is 0 Å². The first-order valence-electron chi connectivity index (χ1n) is 3.51. The summed E-state index contributed by atoms with van der Waals surface area (Å²) in [4.78, 5) is 9.99. The topological polar surface area (TPSA) is 29.1 Å². The summed E-state index contributed by atoms with van der Waals surface area (Å²) in [7, 11) is 1.45. The summed E-state index contributed by atoms with van der Waals surface area (Å²) in [5, 5.41) is 2.35. The second-order valence-corrected chi connectivity index (χ2v) is 3.19. The van der Waals surface area contributed by atoms with Gasteiger partial charge in [-0.15, -0.1) is 0 Å². The van der Waals surface area contributed by atoms with E-state index in [1.165, 1.54) is 33.5 Å². The van der Waals surface area contributed by atoms with E-state index in [2.05, 4.69) is 5.32 Å². The lowest BCUT2D eigenvalue weighted by Gasteiger charge is -2.10. The van der Waals surface area contributed by atoms with Crippen molar-refractivity contribution in [1.29, 1.82) is 0 Å². The third-order valence-corrected chi connectivity index (χ3v) is 1.83. The lowest BCUT2D eigenvalue weighted by Crippen LogP contribution is -2.02. The van der Waals surface area contributed by atoms with Crippen LogP contribution in [-0.4, -0.2) is 6.41 Å². The Balaban J connectivity index is 2.87. The van der Waals surface area contributed by atoms with Crippen molar-refractivity contribution in [2.45, 2.75) is 5.66 Å². The molecule has 0 saturated carbocycles. The molecule has 0 aliphatic rings. The van der Waals surface area contributed by atoms with Gasteiger partial charge < -0.3 is 5.32 Å². The monoisotopic (exact) mass is 203 g/mol. The molecule has 1 aromatic rings. The van der Waals surface area contributed by atoms with Gasteiger partial charge in [-0.05, 0) is 12.1 Å². The quantitative estimate of drug-likeness (QED) is 0.592. The third kappa shape index (κ3) is 2.74. The summed E-state index contributed by atoms with van der Waals surface area (Å²) in [6.45, 7) is 0. The number of rotatable bonds is 3. The Morgan fingerprint density at radius 3 is 2.23 bits per heavy atom. The second-order valence-electron chi connectivity index (χ2n) is 2.46. The zero-order chi connectivity index (χ0) is 9.90. The Morgan fingerprint density at radius 2 is 1.85 bits per heavy atom. The molecule has 70 valence electrons. The Morgan fingerprint density at radius 1 is 1.31 bits per heavy atom. The summed E-state index contributed by atoms with van der Waals surface area (Å²) in [5.41, 5.74) is -2.53.